The summed E-state index contributed by atoms with van der Waals surface area (Å²) in [5.74, 6) is 0. The molecule has 0 radical (unpaired) electrons. The van der Waals surface area contributed by atoms with E-state index >= 15 is 0 Å². The molecule has 23 heavy (non-hydrogen) atoms. The number of hydrogen-bond donors (Lipinski definition) is 0. The van der Waals surface area contributed by atoms with E-state index in [0.29, 0.717) is 5.66 Å². The molecular formula is C22H23P. The molecular weight excluding hydrogens is 295 g/mol. The van der Waals surface area contributed by atoms with Gasteiger partial charge < -0.3 is 0 Å². The van der Waals surface area contributed by atoms with Crippen molar-refractivity contribution in [2.24, 2.45) is 0 Å². The molecule has 0 fully saturated rings. The van der Waals surface area contributed by atoms with Crippen LogP contribution in [0.5, 0.6) is 0 Å². The SMILES string of the molecule is Cc1cccc(C(C)P(c2ccccc2)c2ccccc2)c1C. The van der Waals surface area contributed by atoms with Gasteiger partial charge in [0.05, 0.1) is 0 Å². The van der Waals surface area contributed by atoms with Gasteiger partial charge in [-0.2, -0.15) is 0 Å². The van der Waals surface area contributed by atoms with Crippen molar-refractivity contribution >= 4 is 18.5 Å². The first kappa shape index (κ1) is 16.0. The molecule has 116 valence electrons. The van der Waals surface area contributed by atoms with Gasteiger partial charge in [0.2, 0.25) is 0 Å². The van der Waals surface area contributed by atoms with Crippen molar-refractivity contribution in [3.63, 3.8) is 0 Å². The first-order valence-electron chi connectivity index (χ1n) is 8.14. The minimum absolute atomic E-state index is 0.417. The molecule has 0 heterocycles. The van der Waals surface area contributed by atoms with Crippen LogP contribution in [0.1, 0.15) is 29.3 Å². The summed E-state index contributed by atoms with van der Waals surface area (Å²) in [6, 6.07) is 28.6. The lowest BCUT2D eigenvalue weighted by atomic mass is 10.0. The summed E-state index contributed by atoms with van der Waals surface area (Å²) in [4.78, 5) is 0. The standard InChI is InChI=1S/C22H23P/c1-17-11-10-16-22(18(17)2)19(3)23(20-12-6-4-7-13-20)21-14-8-5-9-15-21/h4-16,19H,1-3H3. The Hall–Kier alpha value is -1.91. The zero-order valence-corrected chi connectivity index (χ0v) is 14.9. The first-order valence-corrected chi connectivity index (χ1v) is 9.55. The molecule has 3 aromatic rings. The quantitative estimate of drug-likeness (QED) is 0.557. The largest absolute Gasteiger partial charge is 0.0622 e. The van der Waals surface area contributed by atoms with Crippen LogP contribution in [-0.4, -0.2) is 0 Å². The average molecular weight is 318 g/mol. The highest BCUT2D eigenvalue weighted by Crippen LogP contribution is 2.49. The van der Waals surface area contributed by atoms with E-state index in [9.17, 15) is 0 Å². The zero-order valence-electron chi connectivity index (χ0n) is 14.0. The van der Waals surface area contributed by atoms with Gasteiger partial charge in [0, 0.05) is 5.66 Å². The van der Waals surface area contributed by atoms with Gasteiger partial charge in [-0.15, -0.1) is 0 Å². The molecule has 0 nitrogen and oxygen atoms in total. The Morgan fingerprint density at radius 2 is 1.17 bits per heavy atom. The van der Waals surface area contributed by atoms with Crippen molar-refractivity contribution in [2.75, 3.05) is 0 Å². The smallest absolute Gasteiger partial charge is 0.00964 e. The van der Waals surface area contributed by atoms with E-state index in [4.69, 9.17) is 0 Å². The van der Waals surface area contributed by atoms with Gasteiger partial charge in [-0.25, -0.2) is 0 Å². The molecule has 1 heteroatoms. The summed E-state index contributed by atoms with van der Waals surface area (Å²) in [5, 5.41) is 2.89. The molecule has 0 N–H and O–H groups in total. The molecule has 0 bridgehead atoms. The summed E-state index contributed by atoms with van der Waals surface area (Å²) < 4.78 is 0. The Kier molecular flexibility index (Phi) is 4.94. The molecule has 1 atom stereocenters. The summed E-state index contributed by atoms with van der Waals surface area (Å²) in [5.41, 5.74) is 4.78. The number of benzene rings is 3. The van der Waals surface area contributed by atoms with Crippen molar-refractivity contribution in [1.82, 2.24) is 0 Å². The van der Waals surface area contributed by atoms with E-state index in [1.807, 2.05) is 0 Å². The van der Waals surface area contributed by atoms with Crippen LogP contribution in [0.4, 0.5) is 0 Å². The predicted octanol–water partition coefficient (Wildman–Crippen LogP) is 5.50. The lowest BCUT2D eigenvalue weighted by Crippen LogP contribution is -2.16. The maximum absolute atomic E-state index is 2.38. The van der Waals surface area contributed by atoms with Crippen LogP contribution in [0.15, 0.2) is 78.9 Å². The lowest BCUT2D eigenvalue weighted by molar-refractivity contribution is 1.05. The highest BCUT2D eigenvalue weighted by atomic mass is 31.1. The Morgan fingerprint density at radius 1 is 0.652 bits per heavy atom. The normalized spacial score (nSPS) is 12.3. The van der Waals surface area contributed by atoms with E-state index in [0.717, 1.165) is 0 Å². The third kappa shape index (κ3) is 3.38. The van der Waals surface area contributed by atoms with E-state index in [1.165, 1.54) is 27.3 Å². The van der Waals surface area contributed by atoms with Gasteiger partial charge >= 0.3 is 0 Å². The van der Waals surface area contributed by atoms with E-state index in [-0.39, 0.29) is 0 Å². The molecule has 3 rings (SSSR count). The average Bonchev–Trinajstić information content (AvgIpc) is 2.59. The Bertz CT molecular complexity index is 723. The van der Waals surface area contributed by atoms with Gasteiger partial charge in [0.25, 0.3) is 0 Å². The fraction of sp³-hybridized carbons (Fsp3) is 0.182. The summed E-state index contributed by atoms with van der Waals surface area (Å²) >= 11 is 0. The summed E-state index contributed by atoms with van der Waals surface area (Å²) in [7, 11) is -0.417. The number of rotatable bonds is 4. The van der Waals surface area contributed by atoms with Crippen LogP contribution < -0.4 is 10.6 Å². The van der Waals surface area contributed by atoms with Crippen molar-refractivity contribution in [3.8, 4) is 0 Å². The maximum Gasteiger partial charge on any atom is 0.00964 e. The minimum Gasteiger partial charge on any atom is -0.0622 e. The van der Waals surface area contributed by atoms with Crippen LogP contribution in [0.3, 0.4) is 0 Å². The molecule has 0 spiro atoms. The van der Waals surface area contributed by atoms with Crippen LogP contribution in [0, 0.1) is 13.8 Å². The van der Waals surface area contributed by atoms with Crippen molar-refractivity contribution in [1.29, 1.82) is 0 Å². The molecule has 0 saturated heterocycles. The summed E-state index contributed by atoms with van der Waals surface area (Å²) in [6.45, 7) is 6.84. The fourth-order valence-electron chi connectivity index (χ4n) is 3.14. The molecule has 0 aliphatic carbocycles. The zero-order chi connectivity index (χ0) is 16.2. The fourth-order valence-corrected chi connectivity index (χ4v) is 5.88. The van der Waals surface area contributed by atoms with Crippen LogP contribution in [0.2, 0.25) is 0 Å². The lowest BCUT2D eigenvalue weighted by Gasteiger charge is -2.27. The van der Waals surface area contributed by atoms with E-state index < -0.39 is 7.92 Å². The molecule has 0 aromatic heterocycles. The predicted molar refractivity (Wildman–Crippen MR) is 103 cm³/mol. The van der Waals surface area contributed by atoms with Gasteiger partial charge in [-0.05, 0) is 49.1 Å². The van der Waals surface area contributed by atoms with Crippen molar-refractivity contribution in [3.05, 3.63) is 95.6 Å². The Balaban J connectivity index is 2.10. The topological polar surface area (TPSA) is 0 Å². The highest BCUT2D eigenvalue weighted by Gasteiger charge is 2.23. The van der Waals surface area contributed by atoms with E-state index in [2.05, 4.69) is 99.6 Å². The molecule has 0 saturated carbocycles. The third-order valence-electron chi connectivity index (χ3n) is 4.55. The molecule has 0 aliphatic rings. The third-order valence-corrected chi connectivity index (χ3v) is 7.31. The van der Waals surface area contributed by atoms with Crippen LogP contribution in [0.25, 0.3) is 0 Å². The minimum atomic E-state index is -0.417. The second-order valence-electron chi connectivity index (χ2n) is 6.01. The molecule has 3 aromatic carbocycles. The van der Waals surface area contributed by atoms with Crippen LogP contribution >= 0.6 is 7.92 Å². The highest BCUT2D eigenvalue weighted by molar-refractivity contribution is 7.73. The number of hydrogen-bond acceptors (Lipinski definition) is 0. The molecule has 1 unspecified atom stereocenters. The molecule has 0 aliphatic heterocycles. The molecule has 0 amide bonds. The number of aryl methyl sites for hydroxylation is 1. The van der Waals surface area contributed by atoms with Crippen molar-refractivity contribution < 1.29 is 0 Å². The first-order chi connectivity index (χ1) is 11.2. The van der Waals surface area contributed by atoms with Gasteiger partial charge in [0.15, 0.2) is 0 Å². The maximum atomic E-state index is 2.38. The second-order valence-corrected chi connectivity index (χ2v) is 8.55. The van der Waals surface area contributed by atoms with Crippen molar-refractivity contribution in [2.45, 2.75) is 26.4 Å². The monoisotopic (exact) mass is 318 g/mol. The Morgan fingerprint density at radius 3 is 1.70 bits per heavy atom. The van der Waals surface area contributed by atoms with Gasteiger partial charge in [-0.1, -0.05) is 85.8 Å². The van der Waals surface area contributed by atoms with Gasteiger partial charge in [0.1, 0.15) is 0 Å². The second kappa shape index (κ2) is 7.11. The summed E-state index contributed by atoms with van der Waals surface area (Å²) in [6.07, 6.45) is 0. The van der Waals surface area contributed by atoms with Crippen LogP contribution in [-0.2, 0) is 0 Å². The van der Waals surface area contributed by atoms with E-state index in [1.54, 1.807) is 0 Å². The van der Waals surface area contributed by atoms with Gasteiger partial charge in [-0.3, -0.25) is 0 Å². The Labute approximate surface area is 141 Å².